The minimum atomic E-state index is -3.21. The van der Waals surface area contributed by atoms with Crippen LogP contribution >= 0.6 is 0 Å². The Labute approximate surface area is 153 Å². The van der Waals surface area contributed by atoms with Gasteiger partial charge in [-0.05, 0) is 24.3 Å². The molecule has 9 heteroatoms. The van der Waals surface area contributed by atoms with Crippen LogP contribution in [-0.4, -0.2) is 67.4 Å². The Morgan fingerprint density at radius 1 is 1.04 bits per heavy atom. The lowest BCUT2D eigenvalue weighted by Crippen LogP contribution is -2.52. The Kier molecular flexibility index (Phi) is 5.80. The summed E-state index contributed by atoms with van der Waals surface area (Å²) < 4.78 is 35.4. The molecule has 3 rings (SSSR count). The lowest BCUT2D eigenvalue weighted by atomic mass is 10.3. The second-order valence-corrected chi connectivity index (χ2v) is 8.33. The van der Waals surface area contributed by atoms with Crippen LogP contribution in [-0.2, 0) is 27.9 Å². The molecule has 0 radical (unpaired) electrons. The van der Waals surface area contributed by atoms with Crippen molar-refractivity contribution in [2.75, 3.05) is 39.0 Å². The summed E-state index contributed by atoms with van der Waals surface area (Å²) in [6, 6.07) is 7.36. The third-order valence-electron chi connectivity index (χ3n) is 4.34. The number of hydrogen-bond donors (Lipinski definition) is 0. The van der Waals surface area contributed by atoms with Crippen LogP contribution in [0, 0.1) is 0 Å². The molecular formula is C17H23N3O5S. The molecule has 1 aliphatic heterocycles. The molecule has 0 aliphatic carbocycles. The van der Waals surface area contributed by atoms with Gasteiger partial charge in [-0.1, -0.05) is 0 Å². The van der Waals surface area contributed by atoms with Crippen LogP contribution in [0.4, 0.5) is 0 Å². The molecule has 3 heterocycles. The predicted octanol–water partition coefficient (Wildman–Crippen LogP) is 0.979. The molecule has 0 unspecified atom stereocenters. The summed E-state index contributed by atoms with van der Waals surface area (Å²) in [5.41, 5.74) is 0. The van der Waals surface area contributed by atoms with E-state index >= 15 is 0 Å². The maximum absolute atomic E-state index is 12.7. The van der Waals surface area contributed by atoms with E-state index in [-0.39, 0.29) is 12.5 Å². The summed E-state index contributed by atoms with van der Waals surface area (Å²) in [4.78, 5) is 16.3. The number of carbonyl (C=O) groups excluding carboxylic acids is 1. The molecule has 142 valence electrons. The minimum absolute atomic E-state index is 0.0312. The van der Waals surface area contributed by atoms with Crippen LogP contribution in [0.15, 0.2) is 45.6 Å². The number of hydrogen-bond acceptors (Lipinski definition) is 6. The van der Waals surface area contributed by atoms with Gasteiger partial charge in [0.25, 0.3) is 0 Å². The lowest BCUT2D eigenvalue weighted by molar-refractivity contribution is -0.134. The van der Waals surface area contributed by atoms with Crippen molar-refractivity contribution in [2.45, 2.75) is 13.1 Å². The number of piperazine rings is 1. The van der Waals surface area contributed by atoms with Gasteiger partial charge in [0, 0.05) is 26.2 Å². The fraction of sp³-hybridized carbons (Fsp3) is 0.471. The summed E-state index contributed by atoms with van der Waals surface area (Å²) >= 11 is 0. The maximum atomic E-state index is 12.7. The molecule has 2 aromatic heterocycles. The lowest BCUT2D eigenvalue weighted by Gasteiger charge is -2.34. The van der Waals surface area contributed by atoms with Crippen molar-refractivity contribution in [3.63, 3.8) is 0 Å². The summed E-state index contributed by atoms with van der Waals surface area (Å²) in [6.45, 7) is 2.66. The van der Waals surface area contributed by atoms with E-state index in [1.165, 1.54) is 10.6 Å². The van der Waals surface area contributed by atoms with Crippen molar-refractivity contribution >= 4 is 15.9 Å². The summed E-state index contributed by atoms with van der Waals surface area (Å²) in [5.74, 6) is 1.51. The average Bonchev–Trinajstić information content (AvgIpc) is 3.28. The first-order chi connectivity index (χ1) is 12.4. The number of carbonyl (C=O) groups is 1. The number of rotatable bonds is 7. The van der Waals surface area contributed by atoms with Gasteiger partial charge in [-0.25, -0.2) is 8.42 Å². The first kappa shape index (κ1) is 18.7. The van der Waals surface area contributed by atoms with Gasteiger partial charge in [0.05, 0.1) is 38.4 Å². The molecule has 0 N–H and O–H groups in total. The molecule has 0 saturated carbocycles. The molecule has 8 nitrogen and oxygen atoms in total. The zero-order valence-electron chi connectivity index (χ0n) is 14.7. The van der Waals surface area contributed by atoms with Gasteiger partial charge in [0.15, 0.2) is 0 Å². The Morgan fingerprint density at radius 2 is 1.58 bits per heavy atom. The van der Waals surface area contributed by atoms with Crippen molar-refractivity contribution in [2.24, 2.45) is 0 Å². The van der Waals surface area contributed by atoms with Crippen LogP contribution in [0.1, 0.15) is 11.5 Å². The smallest absolute Gasteiger partial charge is 0.236 e. The highest BCUT2D eigenvalue weighted by atomic mass is 32.2. The highest BCUT2D eigenvalue weighted by Crippen LogP contribution is 2.13. The second kappa shape index (κ2) is 8.07. The molecule has 1 amide bonds. The van der Waals surface area contributed by atoms with Crippen LogP contribution in [0.3, 0.4) is 0 Å². The standard InChI is InChI=1S/C17H23N3O5S/c1-26(22,23)20-8-6-19(7-9-20)17(21)14-18(12-15-4-2-10-24-15)13-16-5-3-11-25-16/h2-5,10-11H,6-9,12-14H2,1H3. The van der Waals surface area contributed by atoms with E-state index in [0.717, 1.165) is 11.5 Å². The van der Waals surface area contributed by atoms with Crippen LogP contribution in [0.25, 0.3) is 0 Å². The van der Waals surface area contributed by atoms with Gasteiger partial charge < -0.3 is 13.7 Å². The Morgan fingerprint density at radius 3 is 2.00 bits per heavy atom. The van der Waals surface area contributed by atoms with Crippen LogP contribution < -0.4 is 0 Å². The van der Waals surface area contributed by atoms with Crippen molar-refractivity contribution in [1.29, 1.82) is 0 Å². The molecule has 2 aromatic rings. The van der Waals surface area contributed by atoms with Crippen LogP contribution in [0.5, 0.6) is 0 Å². The van der Waals surface area contributed by atoms with Gasteiger partial charge >= 0.3 is 0 Å². The van der Waals surface area contributed by atoms with Gasteiger partial charge in [-0.15, -0.1) is 0 Å². The number of sulfonamides is 1. The Balaban J connectivity index is 1.60. The van der Waals surface area contributed by atoms with E-state index in [2.05, 4.69) is 0 Å². The van der Waals surface area contributed by atoms with Crippen molar-refractivity contribution in [3.8, 4) is 0 Å². The van der Waals surface area contributed by atoms with E-state index in [4.69, 9.17) is 8.83 Å². The number of furan rings is 2. The first-order valence-electron chi connectivity index (χ1n) is 8.42. The van der Waals surface area contributed by atoms with Gasteiger partial charge in [-0.3, -0.25) is 9.69 Å². The summed E-state index contributed by atoms with van der Waals surface area (Å²) in [5, 5.41) is 0. The summed E-state index contributed by atoms with van der Waals surface area (Å²) in [7, 11) is -3.21. The molecule has 26 heavy (non-hydrogen) atoms. The second-order valence-electron chi connectivity index (χ2n) is 6.35. The van der Waals surface area contributed by atoms with Crippen molar-refractivity contribution < 1.29 is 22.0 Å². The number of amides is 1. The highest BCUT2D eigenvalue weighted by molar-refractivity contribution is 7.88. The summed E-state index contributed by atoms with van der Waals surface area (Å²) in [6.07, 6.45) is 4.40. The van der Waals surface area contributed by atoms with Gasteiger partial charge in [-0.2, -0.15) is 4.31 Å². The molecule has 1 aliphatic rings. The van der Waals surface area contributed by atoms with E-state index in [9.17, 15) is 13.2 Å². The number of nitrogens with zero attached hydrogens (tertiary/aromatic N) is 3. The largest absolute Gasteiger partial charge is 0.468 e. The molecular weight excluding hydrogens is 358 g/mol. The van der Waals surface area contributed by atoms with E-state index < -0.39 is 10.0 Å². The molecule has 0 atom stereocenters. The molecule has 0 bridgehead atoms. The third kappa shape index (κ3) is 4.96. The van der Waals surface area contributed by atoms with Crippen molar-refractivity contribution in [3.05, 3.63) is 48.3 Å². The first-order valence-corrected chi connectivity index (χ1v) is 10.3. The average molecular weight is 381 g/mol. The Hall–Kier alpha value is -2.10. The topological polar surface area (TPSA) is 87.2 Å². The maximum Gasteiger partial charge on any atom is 0.236 e. The Bertz CT molecular complexity index is 757. The fourth-order valence-corrected chi connectivity index (χ4v) is 3.80. The van der Waals surface area contributed by atoms with E-state index in [1.54, 1.807) is 17.4 Å². The van der Waals surface area contributed by atoms with Crippen LogP contribution in [0.2, 0.25) is 0 Å². The fourth-order valence-electron chi connectivity index (χ4n) is 2.97. The van der Waals surface area contributed by atoms with Gasteiger partial charge in [0.1, 0.15) is 11.5 Å². The zero-order chi connectivity index (χ0) is 18.6. The minimum Gasteiger partial charge on any atom is -0.468 e. The zero-order valence-corrected chi connectivity index (χ0v) is 15.5. The SMILES string of the molecule is CS(=O)(=O)N1CCN(C(=O)CN(Cc2ccco2)Cc2ccco2)CC1. The molecule has 1 fully saturated rings. The van der Waals surface area contributed by atoms with Crippen molar-refractivity contribution in [1.82, 2.24) is 14.1 Å². The monoisotopic (exact) mass is 381 g/mol. The van der Waals surface area contributed by atoms with E-state index in [0.29, 0.717) is 39.3 Å². The predicted molar refractivity (Wildman–Crippen MR) is 94.5 cm³/mol. The van der Waals surface area contributed by atoms with E-state index in [1.807, 2.05) is 29.2 Å². The normalized spacial score (nSPS) is 16.3. The molecule has 0 aromatic carbocycles. The van der Waals surface area contributed by atoms with Gasteiger partial charge in [0.2, 0.25) is 15.9 Å². The highest BCUT2D eigenvalue weighted by Gasteiger charge is 2.27. The third-order valence-corrected chi connectivity index (χ3v) is 5.64. The molecule has 0 spiro atoms. The quantitative estimate of drug-likeness (QED) is 0.711. The molecule has 1 saturated heterocycles.